The molecule has 0 fully saturated rings. The predicted octanol–water partition coefficient (Wildman–Crippen LogP) is 5.30. The average Bonchev–Trinajstić information content (AvgIpc) is 2.87. The zero-order chi connectivity index (χ0) is 13.9. The second-order valence-corrected chi connectivity index (χ2v) is 5.54. The lowest BCUT2D eigenvalue weighted by Gasteiger charge is -2.02. The van der Waals surface area contributed by atoms with Gasteiger partial charge in [0.25, 0.3) is 5.19 Å². The van der Waals surface area contributed by atoms with Crippen molar-refractivity contribution >= 4 is 34.7 Å². The van der Waals surface area contributed by atoms with E-state index in [4.69, 9.17) is 27.9 Å². The van der Waals surface area contributed by atoms with E-state index >= 15 is 0 Å². The molecule has 3 nitrogen and oxygen atoms in total. The predicted molar refractivity (Wildman–Crippen MR) is 81.9 cm³/mol. The molecule has 0 amide bonds. The van der Waals surface area contributed by atoms with Crippen LogP contribution < -0.4 is 4.74 Å². The molecule has 2 aromatic carbocycles. The maximum absolute atomic E-state index is 5.92. The van der Waals surface area contributed by atoms with E-state index in [1.165, 1.54) is 11.5 Å². The number of hydrogen-bond acceptors (Lipinski definition) is 4. The largest absolute Gasteiger partial charge is 0.430 e. The molecule has 0 N–H and O–H groups in total. The third-order valence-electron chi connectivity index (χ3n) is 2.48. The monoisotopic (exact) mass is 322 g/mol. The summed E-state index contributed by atoms with van der Waals surface area (Å²) in [4.78, 5) is 4.33. The summed E-state index contributed by atoms with van der Waals surface area (Å²) in [5, 5.41) is 1.47. The number of nitrogens with zero attached hydrogens (tertiary/aromatic N) is 2. The van der Waals surface area contributed by atoms with Crippen molar-refractivity contribution in [2.24, 2.45) is 0 Å². The molecule has 100 valence electrons. The topological polar surface area (TPSA) is 35.0 Å². The van der Waals surface area contributed by atoms with Crippen molar-refractivity contribution in [3.8, 4) is 22.3 Å². The molecule has 0 saturated carbocycles. The minimum absolute atomic E-state index is 0.446. The number of hydrogen-bond donors (Lipinski definition) is 0. The van der Waals surface area contributed by atoms with Crippen LogP contribution in [-0.2, 0) is 0 Å². The summed E-state index contributed by atoms with van der Waals surface area (Å²) in [5.41, 5.74) is 0.947. The molecule has 6 heteroatoms. The van der Waals surface area contributed by atoms with Crippen LogP contribution in [-0.4, -0.2) is 9.36 Å². The second-order valence-electron chi connectivity index (χ2n) is 3.96. The molecule has 0 atom stereocenters. The molecule has 1 heterocycles. The molecule has 0 unspecified atom stereocenters. The summed E-state index contributed by atoms with van der Waals surface area (Å²) in [7, 11) is 0. The molecule has 1 aromatic heterocycles. The maximum atomic E-state index is 5.92. The summed E-state index contributed by atoms with van der Waals surface area (Å²) < 4.78 is 9.89. The van der Waals surface area contributed by atoms with Crippen LogP contribution in [0.1, 0.15) is 0 Å². The maximum Gasteiger partial charge on any atom is 0.299 e. The molecule has 0 aliphatic heterocycles. The van der Waals surface area contributed by atoms with E-state index in [-0.39, 0.29) is 0 Å². The summed E-state index contributed by atoms with van der Waals surface area (Å²) in [6.07, 6.45) is 0. The number of ether oxygens (including phenoxy) is 1. The van der Waals surface area contributed by atoms with E-state index in [1.807, 2.05) is 30.3 Å². The lowest BCUT2D eigenvalue weighted by molar-refractivity contribution is 0.479. The van der Waals surface area contributed by atoms with Gasteiger partial charge in [0.15, 0.2) is 5.82 Å². The van der Waals surface area contributed by atoms with E-state index in [2.05, 4.69) is 9.36 Å². The van der Waals surface area contributed by atoms with Crippen molar-refractivity contribution in [1.82, 2.24) is 9.36 Å². The van der Waals surface area contributed by atoms with E-state index in [0.29, 0.717) is 26.8 Å². The van der Waals surface area contributed by atoms with E-state index in [1.54, 1.807) is 18.2 Å². The molecule has 0 bridgehead atoms. The minimum Gasteiger partial charge on any atom is -0.430 e. The van der Waals surface area contributed by atoms with Crippen molar-refractivity contribution in [3.05, 3.63) is 58.6 Å². The molecule has 0 spiro atoms. The van der Waals surface area contributed by atoms with Crippen molar-refractivity contribution < 1.29 is 4.74 Å². The Morgan fingerprint density at radius 1 is 0.950 bits per heavy atom. The zero-order valence-electron chi connectivity index (χ0n) is 10.1. The molecular formula is C14H8Cl2N2OS. The molecule has 0 saturated heterocycles. The first kappa shape index (κ1) is 13.4. The highest BCUT2D eigenvalue weighted by atomic mass is 35.5. The second kappa shape index (κ2) is 5.79. The molecule has 0 aliphatic rings. The van der Waals surface area contributed by atoms with Gasteiger partial charge in [-0.2, -0.15) is 9.36 Å². The van der Waals surface area contributed by atoms with Gasteiger partial charge in [0.1, 0.15) is 5.75 Å². The van der Waals surface area contributed by atoms with Crippen LogP contribution in [0, 0.1) is 0 Å². The Hall–Kier alpha value is -1.62. The Morgan fingerprint density at radius 3 is 2.35 bits per heavy atom. The van der Waals surface area contributed by atoms with Crippen molar-refractivity contribution in [2.45, 2.75) is 0 Å². The Balaban J connectivity index is 1.84. The van der Waals surface area contributed by atoms with Gasteiger partial charge in [0.05, 0.1) is 0 Å². The van der Waals surface area contributed by atoms with E-state index in [9.17, 15) is 0 Å². The lowest BCUT2D eigenvalue weighted by Crippen LogP contribution is -1.84. The van der Waals surface area contributed by atoms with Gasteiger partial charge in [0.2, 0.25) is 0 Å². The highest BCUT2D eigenvalue weighted by Crippen LogP contribution is 2.30. The Bertz CT molecular complexity index is 711. The minimum atomic E-state index is 0.446. The van der Waals surface area contributed by atoms with Crippen molar-refractivity contribution in [1.29, 1.82) is 0 Å². The number of aromatic nitrogens is 2. The van der Waals surface area contributed by atoms with Gasteiger partial charge in [-0.1, -0.05) is 53.5 Å². The van der Waals surface area contributed by atoms with Crippen LogP contribution in [0.5, 0.6) is 10.9 Å². The number of halogens is 2. The Kier molecular flexibility index (Phi) is 3.87. The molecule has 20 heavy (non-hydrogen) atoms. The van der Waals surface area contributed by atoms with Crippen LogP contribution in [0.15, 0.2) is 48.5 Å². The number of benzene rings is 2. The SMILES string of the molecule is Clc1cc(Cl)cc(Oc2nc(-c3ccccc3)ns2)c1. The Morgan fingerprint density at radius 2 is 1.65 bits per heavy atom. The third kappa shape index (κ3) is 3.10. The van der Waals surface area contributed by atoms with Gasteiger partial charge < -0.3 is 4.74 Å². The lowest BCUT2D eigenvalue weighted by atomic mass is 10.2. The van der Waals surface area contributed by atoms with E-state index < -0.39 is 0 Å². The van der Waals surface area contributed by atoms with Crippen molar-refractivity contribution in [3.63, 3.8) is 0 Å². The standard InChI is InChI=1S/C14H8Cl2N2OS/c15-10-6-11(16)8-12(7-10)19-14-17-13(18-20-14)9-4-2-1-3-5-9/h1-8H. The van der Waals surface area contributed by atoms with Crippen LogP contribution >= 0.6 is 34.7 Å². The van der Waals surface area contributed by atoms with Crippen LogP contribution in [0.2, 0.25) is 10.0 Å². The first-order chi connectivity index (χ1) is 9.70. The smallest absolute Gasteiger partial charge is 0.299 e. The van der Waals surface area contributed by atoms with E-state index in [0.717, 1.165) is 5.56 Å². The summed E-state index contributed by atoms with van der Waals surface area (Å²) >= 11 is 13.0. The highest BCUT2D eigenvalue weighted by Gasteiger charge is 2.09. The Labute approximate surface area is 129 Å². The van der Waals surface area contributed by atoms with Gasteiger partial charge in [-0.05, 0) is 18.2 Å². The van der Waals surface area contributed by atoms with Gasteiger partial charge in [0, 0.05) is 27.1 Å². The van der Waals surface area contributed by atoms with Crippen molar-refractivity contribution in [2.75, 3.05) is 0 Å². The quantitative estimate of drug-likeness (QED) is 0.655. The molecule has 0 radical (unpaired) electrons. The van der Waals surface area contributed by atoms with Crippen LogP contribution in [0.3, 0.4) is 0 Å². The summed E-state index contributed by atoms with van der Waals surface area (Å²) in [6, 6.07) is 14.7. The third-order valence-corrected chi connectivity index (χ3v) is 3.51. The molecule has 0 aliphatic carbocycles. The first-order valence-corrected chi connectivity index (χ1v) is 7.27. The number of rotatable bonds is 3. The van der Waals surface area contributed by atoms with Gasteiger partial charge in [-0.15, -0.1) is 0 Å². The van der Waals surface area contributed by atoms with Gasteiger partial charge in [-0.3, -0.25) is 0 Å². The fraction of sp³-hybridized carbons (Fsp3) is 0. The molecular weight excluding hydrogens is 315 g/mol. The molecule has 3 aromatic rings. The van der Waals surface area contributed by atoms with Gasteiger partial charge >= 0.3 is 0 Å². The summed E-state index contributed by atoms with van der Waals surface area (Å²) in [5.74, 6) is 1.18. The summed E-state index contributed by atoms with van der Waals surface area (Å²) in [6.45, 7) is 0. The fourth-order valence-electron chi connectivity index (χ4n) is 1.64. The van der Waals surface area contributed by atoms with Crippen LogP contribution in [0.4, 0.5) is 0 Å². The highest BCUT2D eigenvalue weighted by molar-refractivity contribution is 7.07. The van der Waals surface area contributed by atoms with Gasteiger partial charge in [-0.25, -0.2) is 0 Å². The zero-order valence-corrected chi connectivity index (χ0v) is 12.4. The molecule has 3 rings (SSSR count). The van der Waals surface area contributed by atoms with Crippen LogP contribution in [0.25, 0.3) is 11.4 Å². The normalized spacial score (nSPS) is 10.5. The first-order valence-electron chi connectivity index (χ1n) is 5.74. The average molecular weight is 323 g/mol. The fourth-order valence-corrected chi connectivity index (χ4v) is 2.72.